The molecule has 1 aromatic carbocycles. The molecule has 0 saturated heterocycles. The summed E-state index contributed by atoms with van der Waals surface area (Å²) in [6.07, 6.45) is 3.40. The van der Waals surface area contributed by atoms with E-state index in [1.54, 1.807) is 19.6 Å². The van der Waals surface area contributed by atoms with Crippen LogP contribution in [-0.4, -0.2) is 30.1 Å². The molecule has 3 rings (SSSR count). The van der Waals surface area contributed by atoms with Crippen molar-refractivity contribution >= 4 is 0 Å². The Hall–Kier alpha value is -2.37. The summed E-state index contributed by atoms with van der Waals surface area (Å²) in [4.78, 5) is 6.80. The molecular formula is C18H20N2O3. The Morgan fingerprint density at radius 3 is 2.65 bits per heavy atom. The molecule has 0 aliphatic rings. The van der Waals surface area contributed by atoms with Gasteiger partial charge in [-0.3, -0.25) is 4.90 Å². The number of nitrogens with zero attached hydrogens (tertiary/aromatic N) is 2. The summed E-state index contributed by atoms with van der Waals surface area (Å²) in [5.41, 5.74) is 1.87. The number of furan rings is 1. The van der Waals surface area contributed by atoms with Crippen LogP contribution in [0.25, 0.3) is 11.5 Å². The van der Waals surface area contributed by atoms with Crippen LogP contribution in [-0.2, 0) is 17.8 Å². The number of hydrogen-bond donors (Lipinski definition) is 0. The third-order valence-corrected chi connectivity index (χ3v) is 3.53. The molecular weight excluding hydrogens is 292 g/mol. The van der Waals surface area contributed by atoms with Gasteiger partial charge in [-0.05, 0) is 24.3 Å². The molecule has 0 bridgehead atoms. The molecule has 0 radical (unpaired) electrons. The molecule has 5 heteroatoms. The molecule has 0 atom stereocenters. The molecule has 23 heavy (non-hydrogen) atoms. The van der Waals surface area contributed by atoms with Crippen molar-refractivity contribution in [2.75, 3.05) is 20.3 Å². The second kappa shape index (κ2) is 7.76. The second-order valence-corrected chi connectivity index (χ2v) is 5.29. The number of hydrogen-bond acceptors (Lipinski definition) is 5. The van der Waals surface area contributed by atoms with Gasteiger partial charge in [0.05, 0.1) is 25.1 Å². The topological polar surface area (TPSA) is 51.6 Å². The SMILES string of the molecule is COCCN(Cc1coc(-c2ccccc2)n1)Cc1ccco1. The Morgan fingerprint density at radius 1 is 1.04 bits per heavy atom. The lowest BCUT2D eigenvalue weighted by Gasteiger charge is -2.19. The van der Waals surface area contributed by atoms with Crippen LogP contribution in [0.2, 0.25) is 0 Å². The van der Waals surface area contributed by atoms with Gasteiger partial charge in [-0.25, -0.2) is 4.98 Å². The van der Waals surface area contributed by atoms with E-state index >= 15 is 0 Å². The Kier molecular flexibility index (Phi) is 5.24. The Morgan fingerprint density at radius 2 is 1.91 bits per heavy atom. The third-order valence-electron chi connectivity index (χ3n) is 3.53. The number of aromatic nitrogens is 1. The molecule has 0 saturated carbocycles. The van der Waals surface area contributed by atoms with E-state index in [-0.39, 0.29) is 0 Å². The Bertz CT molecular complexity index is 692. The standard InChI is InChI=1S/C18H20N2O3/c1-21-11-9-20(13-17-8-5-10-22-17)12-16-14-23-18(19-16)15-6-3-2-4-7-15/h2-8,10,14H,9,11-13H2,1H3. The van der Waals surface area contributed by atoms with Crippen LogP contribution in [0.3, 0.4) is 0 Å². The summed E-state index contributed by atoms with van der Waals surface area (Å²) in [5.74, 6) is 1.57. The van der Waals surface area contributed by atoms with Crippen molar-refractivity contribution in [3.63, 3.8) is 0 Å². The van der Waals surface area contributed by atoms with Crippen molar-refractivity contribution in [3.8, 4) is 11.5 Å². The maximum atomic E-state index is 5.60. The van der Waals surface area contributed by atoms with E-state index in [0.29, 0.717) is 25.6 Å². The summed E-state index contributed by atoms with van der Waals surface area (Å²) in [6.45, 7) is 2.85. The molecule has 3 aromatic rings. The summed E-state index contributed by atoms with van der Waals surface area (Å²) in [7, 11) is 1.70. The van der Waals surface area contributed by atoms with Crippen molar-refractivity contribution in [1.29, 1.82) is 0 Å². The first-order chi connectivity index (χ1) is 11.3. The zero-order chi connectivity index (χ0) is 15.9. The summed E-state index contributed by atoms with van der Waals surface area (Å²) >= 11 is 0. The van der Waals surface area contributed by atoms with Crippen LogP contribution < -0.4 is 0 Å². The van der Waals surface area contributed by atoms with Gasteiger partial charge >= 0.3 is 0 Å². The molecule has 0 fully saturated rings. The normalized spacial score (nSPS) is 11.2. The summed E-state index contributed by atoms with van der Waals surface area (Å²) < 4.78 is 16.2. The quantitative estimate of drug-likeness (QED) is 0.636. The van der Waals surface area contributed by atoms with Gasteiger partial charge in [-0.1, -0.05) is 18.2 Å². The van der Waals surface area contributed by atoms with Gasteiger partial charge in [0, 0.05) is 25.8 Å². The molecule has 120 valence electrons. The molecule has 0 unspecified atom stereocenters. The lowest BCUT2D eigenvalue weighted by atomic mass is 10.2. The van der Waals surface area contributed by atoms with Gasteiger partial charge in [0.25, 0.3) is 0 Å². The summed E-state index contributed by atoms with van der Waals surface area (Å²) in [6, 6.07) is 13.8. The molecule has 0 amide bonds. The highest BCUT2D eigenvalue weighted by atomic mass is 16.5. The number of methoxy groups -OCH3 is 1. The maximum absolute atomic E-state index is 5.60. The van der Waals surface area contributed by atoms with Crippen molar-refractivity contribution in [1.82, 2.24) is 9.88 Å². The highest BCUT2D eigenvalue weighted by Crippen LogP contribution is 2.19. The van der Waals surface area contributed by atoms with Crippen molar-refractivity contribution in [2.45, 2.75) is 13.1 Å². The van der Waals surface area contributed by atoms with Crippen LogP contribution in [0, 0.1) is 0 Å². The monoisotopic (exact) mass is 312 g/mol. The maximum Gasteiger partial charge on any atom is 0.226 e. The lowest BCUT2D eigenvalue weighted by Crippen LogP contribution is -2.26. The fraction of sp³-hybridized carbons (Fsp3) is 0.278. The van der Waals surface area contributed by atoms with E-state index in [9.17, 15) is 0 Å². The summed E-state index contributed by atoms with van der Waals surface area (Å²) in [5, 5.41) is 0. The zero-order valence-corrected chi connectivity index (χ0v) is 13.1. The van der Waals surface area contributed by atoms with Crippen molar-refractivity contribution < 1.29 is 13.6 Å². The minimum absolute atomic E-state index is 0.644. The highest BCUT2D eigenvalue weighted by molar-refractivity contribution is 5.52. The first kappa shape index (κ1) is 15.5. The lowest BCUT2D eigenvalue weighted by molar-refractivity contribution is 0.134. The average molecular weight is 312 g/mol. The second-order valence-electron chi connectivity index (χ2n) is 5.29. The first-order valence-corrected chi connectivity index (χ1v) is 7.58. The number of oxazole rings is 1. The first-order valence-electron chi connectivity index (χ1n) is 7.58. The van der Waals surface area contributed by atoms with Crippen molar-refractivity contribution in [3.05, 3.63) is 66.4 Å². The van der Waals surface area contributed by atoms with E-state index in [1.807, 2.05) is 42.5 Å². The molecule has 0 spiro atoms. The predicted molar refractivity (Wildman–Crippen MR) is 86.6 cm³/mol. The van der Waals surface area contributed by atoms with Crippen LogP contribution in [0.5, 0.6) is 0 Å². The van der Waals surface area contributed by atoms with Crippen molar-refractivity contribution in [2.24, 2.45) is 0 Å². The smallest absolute Gasteiger partial charge is 0.226 e. The Balaban J connectivity index is 1.68. The zero-order valence-electron chi connectivity index (χ0n) is 13.1. The molecule has 5 nitrogen and oxygen atoms in total. The third kappa shape index (κ3) is 4.31. The van der Waals surface area contributed by atoms with Crippen LogP contribution in [0.15, 0.2) is 63.8 Å². The molecule has 0 aliphatic heterocycles. The van der Waals surface area contributed by atoms with E-state index in [1.165, 1.54) is 0 Å². The molecule has 0 N–H and O–H groups in total. The van der Waals surface area contributed by atoms with E-state index in [0.717, 1.165) is 23.6 Å². The number of rotatable bonds is 8. The Labute approximate surface area is 135 Å². The van der Waals surface area contributed by atoms with Crippen LogP contribution >= 0.6 is 0 Å². The van der Waals surface area contributed by atoms with Crippen LogP contribution in [0.1, 0.15) is 11.5 Å². The fourth-order valence-corrected chi connectivity index (χ4v) is 2.38. The van der Waals surface area contributed by atoms with Gasteiger partial charge in [-0.2, -0.15) is 0 Å². The van der Waals surface area contributed by atoms with Gasteiger partial charge in [0.2, 0.25) is 5.89 Å². The predicted octanol–water partition coefficient (Wildman–Crippen LogP) is 3.58. The number of ether oxygens (including phenoxy) is 1. The van der Waals surface area contributed by atoms with Gasteiger partial charge in [0.15, 0.2) is 0 Å². The number of benzene rings is 1. The van der Waals surface area contributed by atoms with E-state index < -0.39 is 0 Å². The highest BCUT2D eigenvalue weighted by Gasteiger charge is 2.12. The van der Waals surface area contributed by atoms with Gasteiger partial charge < -0.3 is 13.6 Å². The van der Waals surface area contributed by atoms with E-state index in [2.05, 4.69) is 9.88 Å². The minimum atomic E-state index is 0.644. The molecule has 2 heterocycles. The van der Waals surface area contributed by atoms with E-state index in [4.69, 9.17) is 13.6 Å². The fourth-order valence-electron chi connectivity index (χ4n) is 2.38. The largest absolute Gasteiger partial charge is 0.468 e. The van der Waals surface area contributed by atoms with Gasteiger partial charge in [-0.15, -0.1) is 0 Å². The van der Waals surface area contributed by atoms with Gasteiger partial charge in [0.1, 0.15) is 12.0 Å². The van der Waals surface area contributed by atoms with Crippen LogP contribution in [0.4, 0.5) is 0 Å². The minimum Gasteiger partial charge on any atom is -0.468 e. The molecule has 0 aliphatic carbocycles. The molecule has 2 aromatic heterocycles. The average Bonchev–Trinajstić information content (AvgIpc) is 3.25.